The zero-order valence-corrected chi connectivity index (χ0v) is 15.1. The highest BCUT2D eigenvalue weighted by Crippen LogP contribution is 2.27. The van der Waals surface area contributed by atoms with Crippen molar-refractivity contribution in [1.29, 1.82) is 5.26 Å². The molecule has 0 saturated heterocycles. The molecule has 8 heteroatoms. The van der Waals surface area contributed by atoms with Crippen LogP contribution in [0.15, 0.2) is 30.3 Å². The predicted octanol–water partition coefficient (Wildman–Crippen LogP) is 2.61. The number of hydrogen-bond acceptors (Lipinski definition) is 4. The van der Waals surface area contributed by atoms with Crippen LogP contribution < -0.4 is 0 Å². The summed E-state index contributed by atoms with van der Waals surface area (Å²) >= 11 is 2.03. The third-order valence-corrected chi connectivity index (χ3v) is 4.45. The van der Waals surface area contributed by atoms with Crippen LogP contribution in [0.1, 0.15) is 28.9 Å². The van der Waals surface area contributed by atoms with E-state index in [1.807, 2.05) is 35.6 Å². The Morgan fingerprint density at radius 1 is 1.25 bits per heavy atom. The van der Waals surface area contributed by atoms with Crippen LogP contribution in [0.2, 0.25) is 0 Å². The van der Waals surface area contributed by atoms with Gasteiger partial charge in [0.05, 0.1) is 22.8 Å². The van der Waals surface area contributed by atoms with E-state index in [4.69, 9.17) is 5.26 Å². The van der Waals surface area contributed by atoms with Gasteiger partial charge in [0.1, 0.15) is 18.0 Å². The summed E-state index contributed by atoms with van der Waals surface area (Å²) in [6, 6.07) is 9.61. The summed E-state index contributed by atoms with van der Waals surface area (Å²) in [6.07, 6.45) is -1.02. The molecule has 3 aromatic rings. The summed E-state index contributed by atoms with van der Waals surface area (Å²) in [4.78, 5) is 0. The lowest BCUT2D eigenvalue weighted by molar-refractivity contribution is 0.201. The second kappa shape index (κ2) is 6.33. The Hall–Kier alpha value is -2.25. The third-order valence-electron chi connectivity index (χ3n) is 3.59. The average molecular weight is 437 g/mol. The van der Waals surface area contributed by atoms with E-state index >= 15 is 0 Å². The Balaban J connectivity index is 2.12. The van der Waals surface area contributed by atoms with Crippen molar-refractivity contribution < 1.29 is 9.50 Å². The molecule has 0 aliphatic carbocycles. The topological polar surface area (TPSA) is 79.7 Å². The maximum absolute atomic E-state index is 13.4. The molecule has 0 aliphatic heterocycles. The quantitative estimate of drug-likeness (QED) is 0.640. The normalized spacial score (nSPS) is 12.2. The molecule has 0 spiro atoms. The van der Waals surface area contributed by atoms with Crippen molar-refractivity contribution in [1.82, 2.24) is 19.6 Å². The highest BCUT2D eigenvalue weighted by molar-refractivity contribution is 14.1. The fraction of sp³-hybridized carbons (Fsp3) is 0.188. The number of nitrogens with zero attached hydrogens (tertiary/aromatic N) is 5. The molecule has 0 radical (unpaired) electrons. The SMILES string of the molecule is Cc1cc(C(O)c2cc(C#N)nn2C)n(-c2ccc(F)cc2I)n1. The first-order valence-electron chi connectivity index (χ1n) is 7.05. The smallest absolute Gasteiger partial charge is 0.162 e. The number of aliphatic hydroxyl groups excluding tert-OH is 1. The summed E-state index contributed by atoms with van der Waals surface area (Å²) in [7, 11) is 1.66. The number of aryl methyl sites for hydroxylation is 2. The van der Waals surface area contributed by atoms with Crippen molar-refractivity contribution in [3.05, 3.63) is 62.5 Å². The van der Waals surface area contributed by atoms with Crippen LogP contribution in [0, 0.1) is 27.6 Å². The van der Waals surface area contributed by atoms with E-state index in [9.17, 15) is 9.50 Å². The lowest BCUT2D eigenvalue weighted by Crippen LogP contribution is -2.12. The minimum Gasteiger partial charge on any atom is -0.380 e. The number of hydrogen-bond donors (Lipinski definition) is 1. The van der Waals surface area contributed by atoms with Crippen molar-refractivity contribution in [3.63, 3.8) is 0 Å². The minimum absolute atomic E-state index is 0.227. The monoisotopic (exact) mass is 437 g/mol. The molecule has 122 valence electrons. The fourth-order valence-electron chi connectivity index (χ4n) is 2.50. The van der Waals surface area contributed by atoms with E-state index in [1.54, 1.807) is 23.9 Å². The Labute approximate surface area is 151 Å². The molecule has 3 rings (SSSR count). The number of aromatic nitrogens is 4. The Morgan fingerprint density at radius 2 is 2.00 bits per heavy atom. The van der Waals surface area contributed by atoms with Crippen molar-refractivity contribution in [2.45, 2.75) is 13.0 Å². The van der Waals surface area contributed by atoms with Gasteiger partial charge < -0.3 is 5.11 Å². The largest absolute Gasteiger partial charge is 0.380 e. The number of halogens is 2. The molecular formula is C16H13FIN5O. The van der Waals surface area contributed by atoms with Gasteiger partial charge >= 0.3 is 0 Å². The number of benzene rings is 1. The van der Waals surface area contributed by atoms with Crippen LogP contribution in [0.5, 0.6) is 0 Å². The minimum atomic E-state index is -1.02. The van der Waals surface area contributed by atoms with Gasteiger partial charge in [-0.25, -0.2) is 9.07 Å². The molecule has 0 amide bonds. The summed E-state index contributed by atoms with van der Waals surface area (Å²) in [5.41, 5.74) is 2.61. The Kier molecular flexibility index (Phi) is 4.38. The molecular weight excluding hydrogens is 424 g/mol. The summed E-state index contributed by atoms with van der Waals surface area (Å²) in [6.45, 7) is 1.81. The summed E-state index contributed by atoms with van der Waals surface area (Å²) < 4.78 is 17.1. The van der Waals surface area contributed by atoms with Gasteiger partial charge in [0.25, 0.3) is 0 Å². The highest BCUT2D eigenvalue weighted by atomic mass is 127. The van der Waals surface area contributed by atoms with Gasteiger partial charge in [-0.2, -0.15) is 15.5 Å². The lowest BCUT2D eigenvalue weighted by atomic mass is 10.1. The van der Waals surface area contributed by atoms with Crippen LogP contribution in [0.4, 0.5) is 4.39 Å². The summed E-state index contributed by atoms with van der Waals surface area (Å²) in [5, 5.41) is 28.2. The summed E-state index contributed by atoms with van der Waals surface area (Å²) in [5.74, 6) is -0.334. The average Bonchev–Trinajstić information content (AvgIpc) is 3.09. The van der Waals surface area contributed by atoms with Gasteiger partial charge in [-0.05, 0) is 53.8 Å². The van der Waals surface area contributed by atoms with Crippen LogP contribution in [-0.4, -0.2) is 24.7 Å². The predicted molar refractivity (Wildman–Crippen MR) is 93.0 cm³/mol. The van der Waals surface area contributed by atoms with Gasteiger partial charge in [-0.3, -0.25) is 4.68 Å². The van der Waals surface area contributed by atoms with Gasteiger partial charge in [0, 0.05) is 16.7 Å². The molecule has 2 aromatic heterocycles. The number of nitriles is 1. The molecule has 6 nitrogen and oxygen atoms in total. The maximum Gasteiger partial charge on any atom is 0.162 e. The van der Waals surface area contributed by atoms with Crippen molar-refractivity contribution in [2.24, 2.45) is 7.05 Å². The van der Waals surface area contributed by atoms with Crippen LogP contribution in [-0.2, 0) is 7.05 Å². The van der Waals surface area contributed by atoms with E-state index in [0.717, 1.165) is 0 Å². The second-order valence-corrected chi connectivity index (χ2v) is 6.47. The first-order chi connectivity index (χ1) is 11.4. The van der Waals surface area contributed by atoms with Crippen molar-refractivity contribution in [2.75, 3.05) is 0 Å². The van der Waals surface area contributed by atoms with Gasteiger partial charge in [0.2, 0.25) is 0 Å². The van der Waals surface area contributed by atoms with E-state index < -0.39 is 6.10 Å². The molecule has 2 heterocycles. The zero-order chi connectivity index (χ0) is 17.4. The molecule has 0 fully saturated rings. The van der Waals surface area contributed by atoms with E-state index in [1.165, 1.54) is 22.9 Å². The van der Waals surface area contributed by atoms with E-state index in [2.05, 4.69) is 10.2 Å². The lowest BCUT2D eigenvalue weighted by Gasteiger charge is -2.14. The molecule has 24 heavy (non-hydrogen) atoms. The highest BCUT2D eigenvalue weighted by Gasteiger charge is 2.22. The van der Waals surface area contributed by atoms with E-state index in [-0.39, 0.29) is 11.5 Å². The van der Waals surface area contributed by atoms with Crippen LogP contribution in [0.3, 0.4) is 0 Å². The first kappa shape index (κ1) is 16.6. The standard InChI is InChI=1S/C16H13FIN5O/c1-9-5-15(16(24)14-7-11(8-19)21-22(14)2)23(20-9)13-4-3-10(17)6-12(13)18/h3-7,16,24H,1-2H3. The third kappa shape index (κ3) is 2.92. The number of aliphatic hydroxyl groups is 1. The molecule has 0 saturated carbocycles. The molecule has 1 atom stereocenters. The van der Waals surface area contributed by atoms with Gasteiger partial charge in [0.15, 0.2) is 5.69 Å². The van der Waals surface area contributed by atoms with E-state index in [0.29, 0.717) is 26.3 Å². The van der Waals surface area contributed by atoms with Crippen LogP contribution >= 0.6 is 22.6 Å². The second-order valence-electron chi connectivity index (χ2n) is 5.31. The Morgan fingerprint density at radius 3 is 2.62 bits per heavy atom. The van der Waals surface area contributed by atoms with Crippen molar-refractivity contribution >= 4 is 22.6 Å². The van der Waals surface area contributed by atoms with Gasteiger partial charge in [-0.15, -0.1) is 0 Å². The molecule has 1 aromatic carbocycles. The molecule has 1 N–H and O–H groups in total. The number of rotatable bonds is 3. The van der Waals surface area contributed by atoms with Crippen molar-refractivity contribution in [3.8, 4) is 11.8 Å². The Bertz CT molecular complexity index is 956. The molecule has 1 unspecified atom stereocenters. The maximum atomic E-state index is 13.4. The van der Waals surface area contributed by atoms with Crippen LogP contribution in [0.25, 0.3) is 5.69 Å². The first-order valence-corrected chi connectivity index (χ1v) is 8.12. The zero-order valence-electron chi connectivity index (χ0n) is 12.9. The van der Waals surface area contributed by atoms with Gasteiger partial charge in [-0.1, -0.05) is 0 Å². The fourth-order valence-corrected chi connectivity index (χ4v) is 3.21. The molecule has 0 aliphatic rings. The molecule has 0 bridgehead atoms.